The molecule has 0 bridgehead atoms. The third kappa shape index (κ3) is 3.15. The van der Waals surface area contributed by atoms with Crippen LogP contribution in [0.15, 0.2) is 81.0 Å². The Labute approximate surface area is 163 Å². The van der Waals surface area contributed by atoms with Crippen molar-refractivity contribution in [3.05, 3.63) is 76.2 Å². The van der Waals surface area contributed by atoms with Crippen LogP contribution < -0.4 is 10.2 Å². The number of halogens is 2. The van der Waals surface area contributed by atoms with Crippen LogP contribution in [0.25, 0.3) is 0 Å². The number of hydrogen-bond acceptors (Lipinski definition) is 2. The van der Waals surface area contributed by atoms with Crippen LogP contribution in [0.3, 0.4) is 0 Å². The first-order valence-electron chi connectivity index (χ1n) is 7.55. The fraction of sp³-hybridized carbons (Fsp3) is 0. The molecule has 0 radical (unpaired) electrons. The molecule has 3 nitrogen and oxygen atoms in total. The summed E-state index contributed by atoms with van der Waals surface area (Å²) in [6, 6.07) is 20.9. The van der Waals surface area contributed by atoms with Gasteiger partial charge in [0.1, 0.15) is 0 Å². The number of rotatable bonds is 1. The van der Waals surface area contributed by atoms with Crippen molar-refractivity contribution < 1.29 is 4.79 Å². The highest BCUT2D eigenvalue weighted by Gasteiger charge is 2.27. The number of carbonyl (C=O) groups excluding carboxylic acids is 1. The summed E-state index contributed by atoms with van der Waals surface area (Å²) in [4.78, 5) is 16.8. The number of fused-ring (bicyclic) bond motifs is 2. The van der Waals surface area contributed by atoms with Gasteiger partial charge < -0.3 is 5.32 Å². The summed E-state index contributed by atoms with van der Waals surface area (Å²) in [6.07, 6.45) is 0. The van der Waals surface area contributed by atoms with E-state index in [0.717, 1.165) is 25.6 Å². The molecule has 0 fully saturated rings. The number of nitrogens with zero attached hydrogens (tertiary/aromatic N) is 1. The van der Waals surface area contributed by atoms with E-state index in [4.69, 9.17) is 11.6 Å². The first-order valence-corrected chi connectivity index (χ1v) is 9.54. The topological polar surface area (TPSA) is 32.3 Å². The predicted molar refractivity (Wildman–Crippen MR) is 107 cm³/mol. The lowest BCUT2D eigenvalue weighted by Crippen LogP contribution is -2.32. The number of nitrogens with one attached hydrogen (secondary N) is 1. The van der Waals surface area contributed by atoms with Crippen LogP contribution in [-0.2, 0) is 0 Å². The highest BCUT2D eigenvalue weighted by molar-refractivity contribution is 9.10. The van der Waals surface area contributed by atoms with Crippen molar-refractivity contribution in [1.29, 1.82) is 0 Å². The molecule has 0 saturated heterocycles. The molecule has 0 atom stereocenters. The first-order chi connectivity index (χ1) is 12.1. The van der Waals surface area contributed by atoms with Crippen LogP contribution in [0.1, 0.15) is 0 Å². The molecule has 25 heavy (non-hydrogen) atoms. The highest BCUT2D eigenvalue weighted by atomic mass is 79.9. The lowest BCUT2D eigenvalue weighted by atomic mass is 10.2. The van der Waals surface area contributed by atoms with E-state index in [9.17, 15) is 4.79 Å². The Bertz CT molecular complexity index is 934. The molecule has 1 heterocycles. The van der Waals surface area contributed by atoms with Crippen molar-refractivity contribution >= 4 is 62.4 Å². The average Bonchev–Trinajstić information content (AvgIpc) is 2.62. The maximum absolute atomic E-state index is 13.0. The van der Waals surface area contributed by atoms with E-state index in [1.807, 2.05) is 60.7 Å². The summed E-state index contributed by atoms with van der Waals surface area (Å²) in [6.45, 7) is 0. The Balaban J connectivity index is 1.73. The van der Waals surface area contributed by atoms with Crippen molar-refractivity contribution in [2.24, 2.45) is 0 Å². The summed E-state index contributed by atoms with van der Waals surface area (Å²) >= 11 is 11.2. The SMILES string of the molecule is O=C(Nc1ccc(Br)c(Cl)c1)N1c2ccccc2Sc2ccccc21. The van der Waals surface area contributed by atoms with Gasteiger partial charge in [-0.25, -0.2) is 4.79 Å². The van der Waals surface area contributed by atoms with Crippen LogP contribution >= 0.6 is 39.3 Å². The average molecular weight is 432 g/mol. The Morgan fingerprint density at radius 2 is 1.56 bits per heavy atom. The minimum absolute atomic E-state index is 0.224. The zero-order valence-electron chi connectivity index (χ0n) is 12.9. The van der Waals surface area contributed by atoms with E-state index < -0.39 is 0 Å². The minimum atomic E-state index is -0.224. The quantitative estimate of drug-likeness (QED) is 0.453. The monoisotopic (exact) mass is 430 g/mol. The zero-order valence-corrected chi connectivity index (χ0v) is 16.0. The molecule has 124 valence electrons. The predicted octanol–water partition coefficient (Wildman–Crippen LogP) is 6.94. The van der Waals surface area contributed by atoms with Crippen LogP contribution in [0.2, 0.25) is 5.02 Å². The van der Waals surface area contributed by atoms with Gasteiger partial charge in [0.05, 0.1) is 16.4 Å². The molecule has 0 saturated carbocycles. The smallest absolute Gasteiger partial charge is 0.307 e. The summed E-state index contributed by atoms with van der Waals surface area (Å²) < 4.78 is 0.789. The number of carbonyl (C=O) groups is 1. The highest BCUT2D eigenvalue weighted by Crippen LogP contribution is 2.48. The number of amides is 2. The number of para-hydroxylation sites is 2. The largest absolute Gasteiger partial charge is 0.331 e. The Kier molecular flexibility index (Phi) is 4.46. The van der Waals surface area contributed by atoms with Gasteiger partial charge in [-0.3, -0.25) is 4.90 Å². The van der Waals surface area contributed by atoms with Gasteiger partial charge in [-0.05, 0) is 58.4 Å². The summed E-state index contributed by atoms with van der Waals surface area (Å²) in [5.74, 6) is 0. The maximum Gasteiger partial charge on any atom is 0.331 e. The Hall–Kier alpha value is -1.95. The minimum Gasteiger partial charge on any atom is -0.307 e. The summed E-state index contributed by atoms with van der Waals surface area (Å²) in [7, 11) is 0. The Morgan fingerprint density at radius 3 is 2.16 bits per heavy atom. The lowest BCUT2D eigenvalue weighted by Gasteiger charge is -2.31. The molecular formula is C19H12BrClN2OS. The molecule has 2 amide bonds. The van der Waals surface area contributed by atoms with Crippen LogP contribution in [-0.4, -0.2) is 6.03 Å². The molecule has 3 aromatic carbocycles. The van der Waals surface area contributed by atoms with Crippen LogP contribution in [0.5, 0.6) is 0 Å². The van der Waals surface area contributed by atoms with Gasteiger partial charge in [-0.1, -0.05) is 47.6 Å². The van der Waals surface area contributed by atoms with E-state index in [0.29, 0.717) is 10.7 Å². The molecule has 0 aliphatic carbocycles. The maximum atomic E-state index is 13.0. The molecule has 1 N–H and O–H groups in total. The second-order valence-electron chi connectivity index (χ2n) is 5.43. The van der Waals surface area contributed by atoms with E-state index >= 15 is 0 Å². The molecule has 1 aliphatic heterocycles. The number of urea groups is 1. The molecule has 4 rings (SSSR count). The van der Waals surface area contributed by atoms with Gasteiger partial charge in [-0.2, -0.15) is 0 Å². The van der Waals surface area contributed by atoms with Gasteiger partial charge in [0.2, 0.25) is 0 Å². The van der Waals surface area contributed by atoms with Gasteiger partial charge in [0.15, 0.2) is 0 Å². The van der Waals surface area contributed by atoms with Gasteiger partial charge in [0, 0.05) is 20.0 Å². The molecule has 1 aliphatic rings. The molecular weight excluding hydrogens is 420 g/mol. The van der Waals surface area contributed by atoms with Crippen molar-refractivity contribution in [2.75, 3.05) is 10.2 Å². The van der Waals surface area contributed by atoms with E-state index in [-0.39, 0.29) is 6.03 Å². The van der Waals surface area contributed by atoms with Crippen LogP contribution in [0.4, 0.5) is 21.9 Å². The van der Waals surface area contributed by atoms with Gasteiger partial charge in [0.25, 0.3) is 0 Å². The van der Waals surface area contributed by atoms with Gasteiger partial charge in [-0.15, -0.1) is 0 Å². The zero-order chi connectivity index (χ0) is 17.4. The molecule has 0 unspecified atom stereocenters. The number of anilines is 3. The van der Waals surface area contributed by atoms with Crippen molar-refractivity contribution in [2.45, 2.75) is 9.79 Å². The first kappa shape index (κ1) is 16.5. The fourth-order valence-corrected chi connectivity index (χ4v) is 4.16. The van der Waals surface area contributed by atoms with E-state index in [1.54, 1.807) is 22.7 Å². The number of hydrogen-bond donors (Lipinski definition) is 1. The lowest BCUT2D eigenvalue weighted by molar-refractivity contribution is 0.259. The third-order valence-corrected chi connectivity index (χ3v) is 6.17. The third-order valence-electron chi connectivity index (χ3n) is 3.81. The summed E-state index contributed by atoms with van der Waals surface area (Å²) in [5, 5.41) is 3.48. The fourth-order valence-electron chi connectivity index (χ4n) is 2.68. The van der Waals surface area contributed by atoms with E-state index in [2.05, 4.69) is 21.2 Å². The van der Waals surface area contributed by atoms with Crippen molar-refractivity contribution in [3.8, 4) is 0 Å². The summed E-state index contributed by atoms with van der Waals surface area (Å²) in [5.41, 5.74) is 2.38. The number of benzene rings is 3. The molecule has 0 spiro atoms. The second kappa shape index (κ2) is 6.75. The standard InChI is InChI=1S/C19H12BrClN2OS/c20-13-10-9-12(11-14(13)21)22-19(24)23-15-5-1-3-7-17(15)25-18-8-4-2-6-16(18)23/h1-11H,(H,22,24). The van der Waals surface area contributed by atoms with Crippen molar-refractivity contribution in [3.63, 3.8) is 0 Å². The van der Waals surface area contributed by atoms with Crippen molar-refractivity contribution in [1.82, 2.24) is 0 Å². The molecule has 6 heteroatoms. The molecule has 3 aromatic rings. The Morgan fingerprint density at radius 1 is 0.960 bits per heavy atom. The second-order valence-corrected chi connectivity index (χ2v) is 7.78. The normalized spacial score (nSPS) is 12.3. The van der Waals surface area contributed by atoms with E-state index in [1.165, 1.54) is 0 Å². The van der Waals surface area contributed by atoms with Gasteiger partial charge >= 0.3 is 6.03 Å². The van der Waals surface area contributed by atoms with Crippen LogP contribution in [0, 0.1) is 0 Å². The molecule has 0 aromatic heterocycles.